The first-order chi connectivity index (χ1) is 10.1. The third kappa shape index (κ3) is 1.94. The summed E-state index contributed by atoms with van der Waals surface area (Å²) in [6, 6.07) is 5.56. The van der Waals surface area contributed by atoms with E-state index in [1.54, 1.807) is 23.1 Å². The van der Waals surface area contributed by atoms with Crippen molar-refractivity contribution in [3.63, 3.8) is 0 Å². The molecule has 0 bridgehead atoms. The van der Waals surface area contributed by atoms with Gasteiger partial charge in [-0.25, -0.2) is 9.37 Å². The molecule has 2 N–H and O–H groups in total. The van der Waals surface area contributed by atoms with Crippen molar-refractivity contribution in [1.82, 2.24) is 19.7 Å². The van der Waals surface area contributed by atoms with Gasteiger partial charge in [0.25, 0.3) is 0 Å². The fourth-order valence-corrected chi connectivity index (χ4v) is 2.62. The second-order valence-corrected chi connectivity index (χ2v) is 5.43. The summed E-state index contributed by atoms with van der Waals surface area (Å²) in [5.41, 5.74) is 10.5. The van der Waals surface area contributed by atoms with Crippen LogP contribution in [0.25, 0.3) is 22.4 Å². The molecule has 0 aliphatic heterocycles. The Morgan fingerprint density at radius 2 is 2.19 bits per heavy atom. The third-order valence-electron chi connectivity index (χ3n) is 3.92. The number of nitrogens with zero attached hydrogens (tertiary/aromatic N) is 4. The highest BCUT2D eigenvalue weighted by Gasteiger charge is 2.39. The van der Waals surface area contributed by atoms with Crippen LogP contribution in [0.3, 0.4) is 0 Å². The lowest BCUT2D eigenvalue weighted by molar-refractivity contribution is 0.468. The van der Waals surface area contributed by atoms with Crippen LogP contribution in [0, 0.1) is 0 Å². The molecule has 2 atom stereocenters. The smallest absolute Gasteiger partial charge is 0.112 e. The van der Waals surface area contributed by atoms with Crippen LogP contribution < -0.4 is 5.73 Å². The van der Waals surface area contributed by atoms with E-state index in [-0.39, 0.29) is 5.92 Å². The minimum absolute atomic E-state index is 0.0368. The first-order valence-electron chi connectivity index (χ1n) is 6.82. The second kappa shape index (κ2) is 4.25. The van der Waals surface area contributed by atoms with E-state index in [1.807, 2.05) is 19.2 Å². The number of alkyl halides is 1. The van der Waals surface area contributed by atoms with Gasteiger partial charge in [-0.05, 0) is 30.2 Å². The topological polar surface area (TPSA) is 69.6 Å². The highest BCUT2D eigenvalue weighted by atomic mass is 19.1. The minimum atomic E-state index is -0.748. The number of aromatic nitrogens is 4. The predicted molar refractivity (Wildman–Crippen MR) is 78.4 cm³/mol. The summed E-state index contributed by atoms with van der Waals surface area (Å²) in [6.45, 7) is 0. The summed E-state index contributed by atoms with van der Waals surface area (Å²) in [5.74, 6) is -0.0368. The maximum absolute atomic E-state index is 13.2. The van der Waals surface area contributed by atoms with Crippen molar-refractivity contribution in [2.45, 2.75) is 18.5 Å². The van der Waals surface area contributed by atoms with Crippen LogP contribution >= 0.6 is 0 Å². The van der Waals surface area contributed by atoms with Gasteiger partial charge < -0.3 is 5.73 Å². The summed E-state index contributed by atoms with van der Waals surface area (Å²) in [7, 11) is 1.85. The summed E-state index contributed by atoms with van der Waals surface area (Å²) < 4.78 is 15.0. The van der Waals surface area contributed by atoms with E-state index in [0.29, 0.717) is 23.1 Å². The molecular weight excluding hydrogens is 269 g/mol. The number of rotatable bonds is 2. The van der Waals surface area contributed by atoms with Gasteiger partial charge in [0.05, 0.1) is 22.6 Å². The zero-order valence-electron chi connectivity index (χ0n) is 11.5. The third-order valence-corrected chi connectivity index (χ3v) is 3.92. The summed E-state index contributed by atoms with van der Waals surface area (Å²) >= 11 is 0. The van der Waals surface area contributed by atoms with Crippen LogP contribution in [0.15, 0.2) is 30.6 Å². The molecule has 2 unspecified atom stereocenters. The Bertz CT molecular complexity index is 841. The Morgan fingerprint density at radius 3 is 2.86 bits per heavy atom. The van der Waals surface area contributed by atoms with Gasteiger partial charge in [-0.1, -0.05) is 0 Å². The first-order valence-corrected chi connectivity index (χ1v) is 6.82. The molecule has 3 aromatic rings. The van der Waals surface area contributed by atoms with Gasteiger partial charge in [0.1, 0.15) is 11.7 Å². The van der Waals surface area contributed by atoms with Crippen LogP contribution in [-0.4, -0.2) is 25.9 Å². The number of fused-ring (bicyclic) bond motifs is 1. The molecule has 6 heteroatoms. The highest BCUT2D eigenvalue weighted by Crippen LogP contribution is 2.43. The molecule has 21 heavy (non-hydrogen) atoms. The molecular formula is C15H14FN5. The van der Waals surface area contributed by atoms with Crippen molar-refractivity contribution in [3.05, 3.63) is 36.2 Å². The van der Waals surface area contributed by atoms with Crippen molar-refractivity contribution in [3.8, 4) is 11.4 Å². The van der Waals surface area contributed by atoms with E-state index in [2.05, 4.69) is 15.1 Å². The lowest BCUT2D eigenvalue weighted by Crippen LogP contribution is -1.99. The Hall–Kier alpha value is -2.50. The standard InChI is InChI=1S/C15H14FN5/c1-21-14(2-3-19-21)12-6-11(17)15-13(20-12)4-8(7-18-15)9-5-10(9)16/h2-4,6-7,9-10H,5H2,1H3,(H2,17,20). The van der Waals surface area contributed by atoms with Crippen molar-refractivity contribution in [2.75, 3.05) is 5.73 Å². The number of halogens is 1. The lowest BCUT2D eigenvalue weighted by atomic mass is 10.1. The maximum atomic E-state index is 13.2. The molecule has 1 aliphatic rings. The summed E-state index contributed by atoms with van der Waals surface area (Å²) in [6.07, 6.45) is 3.24. The molecule has 1 fully saturated rings. The predicted octanol–water partition coefficient (Wildman–Crippen LogP) is 2.44. The average molecular weight is 283 g/mol. The average Bonchev–Trinajstić information content (AvgIpc) is 3.04. The van der Waals surface area contributed by atoms with Crippen LogP contribution in [0.1, 0.15) is 17.9 Å². The quantitative estimate of drug-likeness (QED) is 0.784. The number of anilines is 1. The molecule has 106 valence electrons. The molecule has 3 heterocycles. The number of nitrogens with two attached hydrogens (primary N) is 1. The Labute approximate surface area is 120 Å². The van der Waals surface area contributed by atoms with Gasteiger partial charge in [0.15, 0.2) is 0 Å². The minimum Gasteiger partial charge on any atom is -0.397 e. The normalized spacial score (nSPS) is 20.9. The monoisotopic (exact) mass is 283 g/mol. The second-order valence-electron chi connectivity index (χ2n) is 5.43. The van der Waals surface area contributed by atoms with Crippen LogP contribution in [-0.2, 0) is 7.05 Å². The van der Waals surface area contributed by atoms with Gasteiger partial charge in [-0.2, -0.15) is 5.10 Å². The van der Waals surface area contributed by atoms with Crippen molar-refractivity contribution in [2.24, 2.45) is 7.05 Å². The van der Waals surface area contributed by atoms with Crippen molar-refractivity contribution in [1.29, 1.82) is 0 Å². The molecule has 0 radical (unpaired) electrons. The van der Waals surface area contributed by atoms with Crippen molar-refractivity contribution < 1.29 is 4.39 Å². The van der Waals surface area contributed by atoms with Gasteiger partial charge in [-0.3, -0.25) is 9.67 Å². The van der Waals surface area contributed by atoms with E-state index in [4.69, 9.17) is 5.73 Å². The van der Waals surface area contributed by atoms with E-state index < -0.39 is 6.17 Å². The van der Waals surface area contributed by atoms with E-state index >= 15 is 0 Å². The van der Waals surface area contributed by atoms with Gasteiger partial charge in [0, 0.05) is 25.4 Å². The molecule has 1 saturated carbocycles. The van der Waals surface area contributed by atoms with Crippen molar-refractivity contribution >= 4 is 16.7 Å². The summed E-state index contributed by atoms with van der Waals surface area (Å²) in [4.78, 5) is 8.95. The number of hydrogen-bond donors (Lipinski definition) is 1. The molecule has 1 aliphatic carbocycles. The van der Waals surface area contributed by atoms with E-state index in [1.165, 1.54) is 0 Å². The lowest BCUT2D eigenvalue weighted by Gasteiger charge is -2.07. The Morgan fingerprint density at radius 1 is 1.38 bits per heavy atom. The molecule has 5 nitrogen and oxygen atoms in total. The Balaban J connectivity index is 1.89. The van der Waals surface area contributed by atoms with Gasteiger partial charge in [-0.15, -0.1) is 0 Å². The van der Waals surface area contributed by atoms with E-state index in [0.717, 1.165) is 17.0 Å². The van der Waals surface area contributed by atoms with Gasteiger partial charge >= 0.3 is 0 Å². The largest absolute Gasteiger partial charge is 0.397 e. The Kier molecular flexibility index (Phi) is 2.48. The number of pyridine rings is 2. The van der Waals surface area contributed by atoms with Crippen LogP contribution in [0.2, 0.25) is 0 Å². The van der Waals surface area contributed by atoms with E-state index in [9.17, 15) is 4.39 Å². The van der Waals surface area contributed by atoms with Gasteiger partial charge in [0.2, 0.25) is 0 Å². The maximum Gasteiger partial charge on any atom is 0.112 e. The fraction of sp³-hybridized carbons (Fsp3) is 0.267. The molecule has 4 rings (SSSR count). The number of nitrogen functional groups attached to an aromatic ring is 1. The molecule has 0 saturated heterocycles. The number of aryl methyl sites for hydroxylation is 1. The van der Waals surface area contributed by atoms with Crippen LogP contribution in [0.4, 0.5) is 10.1 Å². The van der Waals surface area contributed by atoms with Crippen LogP contribution in [0.5, 0.6) is 0 Å². The highest BCUT2D eigenvalue weighted by molar-refractivity contribution is 5.89. The zero-order valence-corrected chi connectivity index (χ0v) is 11.5. The SMILES string of the molecule is Cn1nccc1-c1cc(N)c2ncc(C3CC3F)cc2n1. The molecule has 0 spiro atoms. The fourth-order valence-electron chi connectivity index (χ4n) is 2.62. The zero-order chi connectivity index (χ0) is 14.6. The summed E-state index contributed by atoms with van der Waals surface area (Å²) in [5, 5.41) is 4.14. The molecule has 3 aromatic heterocycles. The molecule has 0 aromatic carbocycles. The number of hydrogen-bond acceptors (Lipinski definition) is 4. The molecule has 0 amide bonds. The first kappa shape index (κ1) is 12.3.